The lowest BCUT2D eigenvalue weighted by Crippen LogP contribution is -2.08. The molecule has 0 aliphatic heterocycles. The van der Waals surface area contributed by atoms with Crippen molar-refractivity contribution < 1.29 is 4.74 Å². The van der Waals surface area contributed by atoms with Gasteiger partial charge in [0.15, 0.2) is 0 Å². The summed E-state index contributed by atoms with van der Waals surface area (Å²) in [7, 11) is 0. The Bertz CT molecular complexity index is 334. The third-order valence-corrected chi connectivity index (χ3v) is 2.60. The summed E-state index contributed by atoms with van der Waals surface area (Å²) in [5, 5.41) is 3.28. The minimum atomic E-state index is 0.777. The van der Waals surface area contributed by atoms with E-state index in [2.05, 4.69) is 38.1 Å². The first-order valence-corrected chi connectivity index (χ1v) is 6.90. The van der Waals surface area contributed by atoms with Gasteiger partial charge in [-0.25, -0.2) is 9.97 Å². The Morgan fingerprint density at radius 3 is 2.88 bits per heavy atom. The fraction of sp³-hybridized carbons (Fsp3) is 0.667. The predicted octanol–water partition coefficient (Wildman–Crippen LogP) is 3.03. The molecular formula is C12H20BrN3O. The Kier molecular flexibility index (Phi) is 7.12. The average Bonchev–Trinajstić information content (AvgIpc) is 2.28. The van der Waals surface area contributed by atoms with E-state index in [1.165, 1.54) is 0 Å². The van der Waals surface area contributed by atoms with Gasteiger partial charge in [-0.2, -0.15) is 0 Å². The molecule has 1 N–H and O–H groups in total. The van der Waals surface area contributed by atoms with Crippen LogP contribution in [0.4, 0.5) is 5.82 Å². The van der Waals surface area contributed by atoms with Crippen LogP contribution in [0.25, 0.3) is 0 Å². The molecule has 0 aliphatic carbocycles. The second-order valence-electron chi connectivity index (χ2n) is 3.72. The van der Waals surface area contributed by atoms with Crippen molar-refractivity contribution in [2.24, 2.45) is 0 Å². The van der Waals surface area contributed by atoms with Crippen molar-refractivity contribution in [3.63, 3.8) is 0 Å². The number of hydrogen-bond acceptors (Lipinski definition) is 4. The van der Waals surface area contributed by atoms with Crippen molar-refractivity contribution in [1.29, 1.82) is 0 Å². The van der Waals surface area contributed by atoms with E-state index >= 15 is 0 Å². The van der Waals surface area contributed by atoms with Crippen LogP contribution in [-0.4, -0.2) is 29.7 Å². The number of aryl methyl sites for hydroxylation is 1. The summed E-state index contributed by atoms with van der Waals surface area (Å²) in [6.45, 7) is 6.57. The molecule has 1 aromatic rings. The Labute approximate surface area is 111 Å². The number of ether oxygens (including phenoxy) is 1. The molecule has 0 bridgehead atoms. The molecule has 0 aliphatic rings. The van der Waals surface area contributed by atoms with E-state index in [0.717, 1.165) is 55.3 Å². The van der Waals surface area contributed by atoms with Crippen molar-refractivity contribution in [3.05, 3.63) is 16.5 Å². The Morgan fingerprint density at radius 1 is 1.35 bits per heavy atom. The standard InChI is InChI=1S/C12H20BrN3O/c1-3-6-11-15-10(13)9-12(16-11)14-7-5-8-17-4-2/h9H,3-8H2,1-2H3,(H,14,15,16). The van der Waals surface area contributed by atoms with Crippen molar-refractivity contribution in [3.8, 4) is 0 Å². The molecule has 0 aromatic carbocycles. The third-order valence-electron chi connectivity index (χ3n) is 2.19. The smallest absolute Gasteiger partial charge is 0.132 e. The molecule has 0 saturated carbocycles. The van der Waals surface area contributed by atoms with Gasteiger partial charge in [-0.1, -0.05) is 6.92 Å². The lowest BCUT2D eigenvalue weighted by Gasteiger charge is -2.07. The quantitative estimate of drug-likeness (QED) is 0.592. The lowest BCUT2D eigenvalue weighted by molar-refractivity contribution is 0.147. The zero-order valence-corrected chi connectivity index (χ0v) is 12.1. The van der Waals surface area contributed by atoms with Gasteiger partial charge < -0.3 is 10.1 Å². The molecule has 4 nitrogen and oxygen atoms in total. The molecular weight excluding hydrogens is 282 g/mol. The van der Waals surface area contributed by atoms with E-state index in [9.17, 15) is 0 Å². The Balaban J connectivity index is 2.41. The van der Waals surface area contributed by atoms with Gasteiger partial charge in [-0.3, -0.25) is 0 Å². The molecule has 0 atom stereocenters. The van der Waals surface area contributed by atoms with Gasteiger partial charge in [0, 0.05) is 32.2 Å². The first kappa shape index (κ1) is 14.4. The van der Waals surface area contributed by atoms with Gasteiger partial charge >= 0.3 is 0 Å². The third kappa shape index (κ3) is 5.98. The van der Waals surface area contributed by atoms with Crippen LogP contribution in [0, 0.1) is 0 Å². The van der Waals surface area contributed by atoms with E-state index in [-0.39, 0.29) is 0 Å². The highest BCUT2D eigenvalue weighted by Gasteiger charge is 2.01. The number of nitrogens with zero attached hydrogens (tertiary/aromatic N) is 2. The molecule has 0 radical (unpaired) electrons. The lowest BCUT2D eigenvalue weighted by atomic mass is 10.3. The summed E-state index contributed by atoms with van der Waals surface area (Å²) >= 11 is 3.40. The van der Waals surface area contributed by atoms with Crippen molar-refractivity contribution in [2.75, 3.05) is 25.1 Å². The second-order valence-corrected chi connectivity index (χ2v) is 4.53. The second kappa shape index (κ2) is 8.42. The topological polar surface area (TPSA) is 47.0 Å². The van der Waals surface area contributed by atoms with Crippen LogP contribution in [0.3, 0.4) is 0 Å². The fourth-order valence-corrected chi connectivity index (χ4v) is 1.85. The van der Waals surface area contributed by atoms with Crippen molar-refractivity contribution in [1.82, 2.24) is 9.97 Å². The highest BCUT2D eigenvalue weighted by atomic mass is 79.9. The van der Waals surface area contributed by atoms with E-state index in [0.29, 0.717) is 0 Å². The molecule has 0 spiro atoms. The van der Waals surface area contributed by atoms with Crippen LogP contribution in [0.1, 0.15) is 32.5 Å². The SMILES string of the molecule is CCCc1nc(Br)cc(NCCCOCC)n1. The number of halogens is 1. The summed E-state index contributed by atoms with van der Waals surface area (Å²) in [6, 6.07) is 1.90. The van der Waals surface area contributed by atoms with Gasteiger partial charge in [0.1, 0.15) is 16.2 Å². The maximum absolute atomic E-state index is 5.28. The van der Waals surface area contributed by atoms with Gasteiger partial charge in [-0.05, 0) is 35.7 Å². The molecule has 1 heterocycles. The number of nitrogens with one attached hydrogen (secondary N) is 1. The van der Waals surface area contributed by atoms with Crippen LogP contribution in [0.2, 0.25) is 0 Å². The summed E-state index contributed by atoms with van der Waals surface area (Å²) in [5.74, 6) is 1.76. The molecule has 1 aromatic heterocycles. The van der Waals surface area contributed by atoms with E-state index < -0.39 is 0 Å². The monoisotopic (exact) mass is 301 g/mol. The molecule has 96 valence electrons. The molecule has 1 rings (SSSR count). The van der Waals surface area contributed by atoms with Crippen LogP contribution in [-0.2, 0) is 11.2 Å². The number of rotatable bonds is 8. The first-order valence-electron chi connectivity index (χ1n) is 6.11. The van der Waals surface area contributed by atoms with Crippen LogP contribution < -0.4 is 5.32 Å². The molecule has 17 heavy (non-hydrogen) atoms. The molecule has 0 amide bonds. The van der Waals surface area contributed by atoms with Crippen LogP contribution in [0.15, 0.2) is 10.7 Å². The number of aromatic nitrogens is 2. The molecule has 0 saturated heterocycles. The highest BCUT2D eigenvalue weighted by Crippen LogP contribution is 2.13. The number of hydrogen-bond donors (Lipinski definition) is 1. The molecule has 0 unspecified atom stereocenters. The molecule has 5 heteroatoms. The first-order chi connectivity index (χ1) is 8.26. The van der Waals surface area contributed by atoms with Crippen molar-refractivity contribution >= 4 is 21.7 Å². The molecule has 0 fully saturated rings. The van der Waals surface area contributed by atoms with E-state index in [1.54, 1.807) is 0 Å². The Hall–Kier alpha value is -0.680. The van der Waals surface area contributed by atoms with E-state index in [4.69, 9.17) is 4.74 Å². The summed E-state index contributed by atoms with van der Waals surface area (Å²) in [5.41, 5.74) is 0. The van der Waals surface area contributed by atoms with Crippen molar-refractivity contribution in [2.45, 2.75) is 33.1 Å². The van der Waals surface area contributed by atoms with Gasteiger partial charge in [0.25, 0.3) is 0 Å². The van der Waals surface area contributed by atoms with Gasteiger partial charge in [-0.15, -0.1) is 0 Å². The predicted molar refractivity (Wildman–Crippen MR) is 73.3 cm³/mol. The van der Waals surface area contributed by atoms with E-state index in [1.807, 2.05) is 13.0 Å². The van der Waals surface area contributed by atoms with Gasteiger partial charge in [0.2, 0.25) is 0 Å². The maximum Gasteiger partial charge on any atom is 0.132 e. The maximum atomic E-state index is 5.28. The summed E-state index contributed by atoms with van der Waals surface area (Å²) < 4.78 is 6.11. The Morgan fingerprint density at radius 2 is 2.18 bits per heavy atom. The average molecular weight is 302 g/mol. The fourth-order valence-electron chi connectivity index (χ4n) is 1.43. The minimum Gasteiger partial charge on any atom is -0.382 e. The zero-order valence-electron chi connectivity index (χ0n) is 10.5. The minimum absolute atomic E-state index is 0.777. The highest BCUT2D eigenvalue weighted by molar-refractivity contribution is 9.10. The summed E-state index contributed by atoms with van der Waals surface area (Å²) in [6.07, 6.45) is 2.95. The van der Waals surface area contributed by atoms with Crippen LogP contribution >= 0.6 is 15.9 Å². The van der Waals surface area contributed by atoms with Gasteiger partial charge in [0.05, 0.1) is 0 Å². The largest absolute Gasteiger partial charge is 0.382 e. The normalized spacial score (nSPS) is 10.5. The zero-order chi connectivity index (χ0) is 12.5. The number of anilines is 1. The summed E-state index contributed by atoms with van der Waals surface area (Å²) in [4.78, 5) is 8.77. The van der Waals surface area contributed by atoms with Crippen LogP contribution in [0.5, 0.6) is 0 Å².